The number of hydrogen-bond donors (Lipinski definition) is 0. The van der Waals surface area contributed by atoms with Crippen molar-refractivity contribution in [1.82, 2.24) is 0 Å². The van der Waals surface area contributed by atoms with Crippen LogP contribution in [0, 0.1) is 17.2 Å². The number of nitriles is 1. The maximum atomic E-state index is 12.4. The average molecular weight is 386 g/mol. The number of ether oxygens (including phenoxy) is 2. The van der Waals surface area contributed by atoms with Gasteiger partial charge in [-0.2, -0.15) is 5.26 Å². The van der Waals surface area contributed by atoms with Gasteiger partial charge in [0.05, 0.1) is 26.2 Å². The van der Waals surface area contributed by atoms with Crippen molar-refractivity contribution in [2.45, 2.75) is 12.0 Å². The van der Waals surface area contributed by atoms with Crippen LogP contribution < -0.4 is 9.64 Å². The summed E-state index contributed by atoms with van der Waals surface area (Å²) in [6, 6.07) is 24.2. The minimum absolute atomic E-state index is 0.290. The molecule has 0 spiro atoms. The molecule has 1 aliphatic rings. The Morgan fingerprint density at radius 2 is 1.79 bits per heavy atom. The zero-order valence-corrected chi connectivity index (χ0v) is 16.5. The van der Waals surface area contributed by atoms with Gasteiger partial charge in [0.1, 0.15) is 5.75 Å². The lowest BCUT2D eigenvalue weighted by Gasteiger charge is -2.35. The summed E-state index contributed by atoms with van der Waals surface area (Å²) >= 11 is 0. The molecule has 2 atom stereocenters. The van der Waals surface area contributed by atoms with Gasteiger partial charge in [0, 0.05) is 18.7 Å². The molecule has 0 aliphatic carbocycles. The van der Waals surface area contributed by atoms with Crippen LogP contribution in [0.25, 0.3) is 10.8 Å². The predicted molar refractivity (Wildman–Crippen MR) is 112 cm³/mol. The van der Waals surface area contributed by atoms with E-state index in [0.717, 1.165) is 27.8 Å². The highest BCUT2D eigenvalue weighted by molar-refractivity contribution is 5.84. The van der Waals surface area contributed by atoms with Gasteiger partial charge < -0.3 is 14.4 Å². The van der Waals surface area contributed by atoms with Gasteiger partial charge in [-0.1, -0.05) is 36.4 Å². The Hall–Kier alpha value is -3.52. The number of esters is 1. The largest absolute Gasteiger partial charge is 0.497 e. The van der Waals surface area contributed by atoms with Crippen LogP contribution in [0.2, 0.25) is 0 Å². The van der Waals surface area contributed by atoms with E-state index in [2.05, 4.69) is 12.1 Å². The zero-order chi connectivity index (χ0) is 20.4. The van der Waals surface area contributed by atoms with Crippen LogP contribution in [-0.4, -0.2) is 26.7 Å². The Morgan fingerprint density at radius 3 is 2.45 bits per heavy atom. The molecule has 0 radical (unpaired) electrons. The molecular weight excluding hydrogens is 364 g/mol. The maximum Gasteiger partial charge on any atom is 0.310 e. The van der Waals surface area contributed by atoms with Crippen LogP contribution in [0.15, 0.2) is 66.7 Å². The molecule has 2 unspecified atom stereocenters. The van der Waals surface area contributed by atoms with Gasteiger partial charge in [-0.3, -0.25) is 4.79 Å². The summed E-state index contributed by atoms with van der Waals surface area (Å²) in [6.07, 6.45) is 0.376. The Kier molecular flexibility index (Phi) is 4.85. The Labute approximate surface area is 170 Å². The van der Waals surface area contributed by atoms with Crippen LogP contribution in [0.4, 0.5) is 5.69 Å². The standard InChI is InChI=1S/C24H22N2O3/c1-28-22-11-9-21(10-12-22)26-15-19(23(27)29-2)14-24(26,16-25)20-8-7-17-5-3-4-6-18(17)13-20/h3-13,19H,14-15H2,1-2H3. The Morgan fingerprint density at radius 1 is 1.07 bits per heavy atom. The van der Waals surface area contributed by atoms with Crippen molar-refractivity contribution >= 4 is 22.4 Å². The molecule has 1 heterocycles. The molecule has 146 valence electrons. The SMILES string of the molecule is COC(=O)C1CN(c2ccc(OC)cc2)C(C#N)(c2ccc3ccccc3c2)C1. The summed E-state index contributed by atoms with van der Waals surface area (Å²) in [5.41, 5.74) is 0.783. The predicted octanol–water partition coefficient (Wildman–Crippen LogP) is 4.27. The summed E-state index contributed by atoms with van der Waals surface area (Å²) < 4.78 is 10.3. The molecule has 5 nitrogen and oxygen atoms in total. The van der Waals surface area contributed by atoms with Crippen molar-refractivity contribution in [3.63, 3.8) is 0 Å². The molecule has 29 heavy (non-hydrogen) atoms. The summed E-state index contributed by atoms with van der Waals surface area (Å²) in [5.74, 6) is 0.0698. The second kappa shape index (κ2) is 7.48. The molecule has 1 saturated heterocycles. The highest BCUT2D eigenvalue weighted by Crippen LogP contribution is 2.45. The van der Waals surface area contributed by atoms with E-state index in [-0.39, 0.29) is 11.9 Å². The van der Waals surface area contributed by atoms with E-state index < -0.39 is 5.54 Å². The quantitative estimate of drug-likeness (QED) is 0.627. The molecule has 3 aromatic carbocycles. The molecule has 1 aliphatic heterocycles. The number of rotatable bonds is 4. The number of anilines is 1. The van der Waals surface area contributed by atoms with E-state index in [4.69, 9.17) is 9.47 Å². The first-order chi connectivity index (χ1) is 14.1. The fraction of sp³-hybridized carbons (Fsp3) is 0.250. The number of fused-ring (bicyclic) bond motifs is 1. The number of hydrogen-bond acceptors (Lipinski definition) is 5. The molecule has 3 aromatic rings. The number of carbonyl (C=O) groups excluding carboxylic acids is 1. The lowest BCUT2D eigenvalue weighted by molar-refractivity contribution is -0.144. The number of methoxy groups -OCH3 is 2. The molecule has 0 bridgehead atoms. The molecule has 0 amide bonds. The third-order valence-electron chi connectivity index (χ3n) is 5.74. The first-order valence-electron chi connectivity index (χ1n) is 9.51. The second-order valence-corrected chi connectivity index (χ2v) is 7.27. The van der Waals surface area contributed by atoms with Crippen LogP contribution >= 0.6 is 0 Å². The van der Waals surface area contributed by atoms with Gasteiger partial charge in [-0.15, -0.1) is 0 Å². The number of benzene rings is 3. The van der Waals surface area contributed by atoms with Crippen LogP contribution in [0.3, 0.4) is 0 Å². The van der Waals surface area contributed by atoms with Crippen LogP contribution in [0.5, 0.6) is 5.75 Å². The first kappa shape index (κ1) is 18.8. The fourth-order valence-corrected chi connectivity index (χ4v) is 4.21. The smallest absolute Gasteiger partial charge is 0.310 e. The monoisotopic (exact) mass is 386 g/mol. The number of nitrogens with zero attached hydrogens (tertiary/aromatic N) is 2. The topological polar surface area (TPSA) is 62.6 Å². The average Bonchev–Trinajstić information content (AvgIpc) is 3.19. The lowest BCUT2D eigenvalue weighted by atomic mass is 9.84. The summed E-state index contributed by atoms with van der Waals surface area (Å²) in [7, 11) is 3.01. The molecule has 0 N–H and O–H groups in total. The van der Waals surface area contributed by atoms with E-state index in [1.165, 1.54) is 7.11 Å². The van der Waals surface area contributed by atoms with Gasteiger partial charge in [-0.05, 0) is 46.7 Å². The zero-order valence-electron chi connectivity index (χ0n) is 16.5. The molecule has 4 rings (SSSR count). The van der Waals surface area contributed by atoms with Crippen molar-refractivity contribution < 1.29 is 14.3 Å². The minimum atomic E-state index is -0.961. The molecule has 0 saturated carbocycles. The van der Waals surface area contributed by atoms with Crippen molar-refractivity contribution in [1.29, 1.82) is 5.26 Å². The van der Waals surface area contributed by atoms with E-state index in [1.54, 1.807) is 7.11 Å². The van der Waals surface area contributed by atoms with E-state index in [0.29, 0.717) is 13.0 Å². The summed E-state index contributed by atoms with van der Waals surface area (Å²) in [4.78, 5) is 14.4. The van der Waals surface area contributed by atoms with Crippen molar-refractivity contribution in [3.8, 4) is 11.8 Å². The van der Waals surface area contributed by atoms with Gasteiger partial charge in [0.2, 0.25) is 0 Å². The lowest BCUT2D eigenvalue weighted by Crippen LogP contribution is -2.40. The highest BCUT2D eigenvalue weighted by atomic mass is 16.5. The van der Waals surface area contributed by atoms with Crippen molar-refractivity contribution in [3.05, 3.63) is 72.3 Å². The normalized spacial score (nSPS) is 21.0. The van der Waals surface area contributed by atoms with Crippen LogP contribution in [-0.2, 0) is 15.1 Å². The second-order valence-electron chi connectivity index (χ2n) is 7.27. The van der Waals surface area contributed by atoms with Crippen molar-refractivity contribution in [2.75, 3.05) is 25.7 Å². The molecular formula is C24H22N2O3. The van der Waals surface area contributed by atoms with E-state index >= 15 is 0 Å². The van der Waals surface area contributed by atoms with Crippen molar-refractivity contribution in [2.24, 2.45) is 5.92 Å². The number of carbonyl (C=O) groups is 1. The van der Waals surface area contributed by atoms with Crippen LogP contribution in [0.1, 0.15) is 12.0 Å². The highest BCUT2D eigenvalue weighted by Gasteiger charge is 2.50. The van der Waals surface area contributed by atoms with Gasteiger partial charge in [0.15, 0.2) is 5.54 Å². The maximum absolute atomic E-state index is 12.4. The summed E-state index contributed by atoms with van der Waals surface area (Å²) in [6.45, 7) is 0.416. The fourth-order valence-electron chi connectivity index (χ4n) is 4.21. The van der Waals surface area contributed by atoms with E-state index in [1.807, 2.05) is 65.6 Å². The van der Waals surface area contributed by atoms with E-state index in [9.17, 15) is 10.1 Å². The summed E-state index contributed by atoms with van der Waals surface area (Å²) in [5, 5.41) is 12.6. The van der Waals surface area contributed by atoms with Gasteiger partial charge in [-0.25, -0.2) is 0 Å². The van der Waals surface area contributed by atoms with Gasteiger partial charge >= 0.3 is 5.97 Å². The third-order valence-corrected chi connectivity index (χ3v) is 5.74. The Bertz CT molecular complexity index is 1090. The molecule has 0 aromatic heterocycles. The Balaban J connectivity index is 1.85. The molecule has 5 heteroatoms. The van der Waals surface area contributed by atoms with Gasteiger partial charge in [0.25, 0.3) is 0 Å². The molecule has 1 fully saturated rings. The first-order valence-corrected chi connectivity index (χ1v) is 9.51. The minimum Gasteiger partial charge on any atom is -0.497 e. The third kappa shape index (κ3) is 3.17.